The summed E-state index contributed by atoms with van der Waals surface area (Å²) in [4.78, 5) is 27.4. The fourth-order valence-corrected chi connectivity index (χ4v) is 3.58. The minimum absolute atomic E-state index is 0.0633. The minimum atomic E-state index is -0.418. The summed E-state index contributed by atoms with van der Waals surface area (Å²) >= 11 is 2.75. The summed E-state index contributed by atoms with van der Waals surface area (Å²) in [6.45, 7) is 3.41. The van der Waals surface area contributed by atoms with Crippen molar-refractivity contribution in [3.8, 4) is 11.5 Å². The van der Waals surface area contributed by atoms with Crippen molar-refractivity contribution >= 4 is 45.1 Å². The molecular formula is C16H17NO4S2. The Morgan fingerprint density at radius 2 is 2.17 bits per heavy atom. The van der Waals surface area contributed by atoms with Crippen molar-refractivity contribution in [2.75, 3.05) is 12.9 Å². The van der Waals surface area contributed by atoms with Crippen LogP contribution in [-0.2, 0) is 9.59 Å². The molecule has 0 unspecified atom stereocenters. The first-order valence-electron chi connectivity index (χ1n) is 7.05. The zero-order valence-corrected chi connectivity index (χ0v) is 14.8. The highest BCUT2D eigenvalue weighted by Gasteiger charge is 2.22. The maximum atomic E-state index is 12.0. The number of methoxy groups -OCH3 is 1. The van der Waals surface area contributed by atoms with Crippen LogP contribution in [0.1, 0.15) is 25.8 Å². The lowest BCUT2D eigenvalue weighted by Gasteiger charge is -2.08. The Hall–Kier alpha value is -1.73. The molecule has 0 radical (unpaired) electrons. The van der Waals surface area contributed by atoms with Gasteiger partial charge in [0.25, 0.3) is 0 Å². The largest absolute Gasteiger partial charge is 0.493 e. The lowest BCUT2D eigenvalue weighted by molar-refractivity contribution is -0.132. The highest BCUT2D eigenvalue weighted by molar-refractivity contribution is 8.45. The second-order valence-corrected chi connectivity index (χ2v) is 6.95. The Kier molecular flexibility index (Phi) is 6.29. The molecule has 0 spiro atoms. The molecule has 0 bridgehead atoms. The monoisotopic (exact) mass is 351 g/mol. The van der Waals surface area contributed by atoms with Crippen molar-refractivity contribution in [3.05, 3.63) is 29.5 Å². The third kappa shape index (κ3) is 4.87. The number of ether oxygens (including phenoxy) is 2. The van der Waals surface area contributed by atoms with Gasteiger partial charge in [0.05, 0.1) is 7.11 Å². The molecule has 1 aliphatic heterocycles. The molecule has 0 aliphatic carbocycles. The first-order valence-corrected chi connectivity index (χ1v) is 8.85. The highest BCUT2D eigenvalue weighted by atomic mass is 32.2. The van der Waals surface area contributed by atoms with Crippen molar-refractivity contribution in [2.24, 2.45) is 4.99 Å². The van der Waals surface area contributed by atoms with E-state index in [0.29, 0.717) is 17.2 Å². The Bertz CT molecular complexity index is 683. The summed E-state index contributed by atoms with van der Waals surface area (Å²) in [5.74, 6) is 1.30. The average Bonchev–Trinajstić information content (AvgIpc) is 2.86. The maximum Gasteiger partial charge on any atom is 0.308 e. The molecule has 0 N–H and O–H groups in total. The van der Waals surface area contributed by atoms with E-state index in [9.17, 15) is 9.59 Å². The van der Waals surface area contributed by atoms with Gasteiger partial charge in [0.1, 0.15) is 10.1 Å². The van der Waals surface area contributed by atoms with E-state index < -0.39 is 5.97 Å². The SMILES string of the molecule is CCCSC1=N/C(=C/c2ccc(OC(C)=O)c(OC)c2)C(=O)S1. The van der Waals surface area contributed by atoms with Crippen molar-refractivity contribution in [1.82, 2.24) is 0 Å². The standard InChI is InChI=1S/C16H17NO4S2/c1-4-7-22-16-17-12(15(19)23-16)8-11-5-6-13(21-10(2)18)14(9-11)20-3/h5-6,8-9H,4,7H2,1-3H3/b12-8+. The number of esters is 1. The molecular weight excluding hydrogens is 334 g/mol. The van der Waals surface area contributed by atoms with Crippen LogP contribution in [-0.4, -0.2) is 28.3 Å². The number of hydrogen-bond donors (Lipinski definition) is 0. The third-order valence-electron chi connectivity index (χ3n) is 2.78. The van der Waals surface area contributed by atoms with E-state index in [0.717, 1.165) is 33.9 Å². The molecule has 0 fully saturated rings. The van der Waals surface area contributed by atoms with Crippen LogP contribution in [0.3, 0.4) is 0 Å². The van der Waals surface area contributed by atoms with Crippen LogP contribution in [0.25, 0.3) is 6.08 Å². The fourth-order valence-electron chi connectivity index (χ4n) is 1.81. The number of carbonyl (C=O) groups excluding carboxylic acids is 2. The van der Waals surface area contributed by atoms with Gasteiger partial charge in [-0.2, -0.15) is 0 Å². The van der Waals surface area contributed by atoms with Crippen LogP contribution in [0.4, 0.5) is 0 Å². The molecule has 0 saturated carbocycles. The average molecular weight is 351 g/mol. The minimum Gasteiger partial charge on any atom is -0.493 e. The van der Waals surface area contributed by atoms with Crippen molar-refractivity contribution in [2.45, 2.75) is 20.3 Å². The van der Waals surface area contributed by atoms with Crippen LogP contribution in [0.2, 0.25) is 0 Å². The van der Waals surface area contributed by atoms with Gasteiger partial charge in [0.15, 0.2) is 11.5 Å². The summed E-state index contributed by atoms with van der Waals surface area (Å²) in [5, 5.41) is -0.0633. The predicted molar refractivity (Wildman–Crippen MR) is 95.1 cm³/mol. The van der Waals surface area contributed by atoms with E-state index >= 15 is 0 Å². The van der Waals surface area contributed by atoms with Gasteiger partial charge in [-0.3, -0.25) is 9.59 Å². The molecule has 1 aliphatic rings. The van der Waals surface area contributed by atoms with Gasteiger partial charge >= 0.3 is 5.97 Å². The van der Waals surface area contributed by atoms with Crippen molar-refractivity contribution < 1.29 is 19.1 Å². The second kappa shape index (κ2) is 8.21. The number of thioether (sulfide) groups is 2. The zero-order chi connectivity index (χ0) is 16.8. The van der Waals surface area contributed by atoms with Gasteiger partial charge < -0.3 is 9.47 Å². The smallest absolute Gasteiger partial charge is 0.308 e. The molecule has 122 valence electrons. The van der Waals surface area contributed by atoms with E-state index in [1.165, 1.54) is 14.0 Å². The van der Waals surface area contributed by atoms with Crippen LogP contribution in [0.15, 0.2) is 28.9 Å². The predicted octanol–water partition coefficient (Wildman–Crippen LogP) is 3.73. The Morgan fingerprint density at radius 3 is 2.83 bits per heavy atom. The summed E-state index contributed by atoms with van der Waals surface area (Å²) in [6, 6.07) is 5.09. The maximum absolute atomic E-state index is 12.0. The molecule has 0 amide bonds. The van der Waals surface area contributed by atoms with E-state index in [-0.39, 0.29) is 5.12 Å². The molecule has 0 atom stereocenters. The van der Waals surface area contributed by atoms with Gasteiger partial charge in [-0.15, -0.1) is 0 Å². The van der Waals surface area contributed by atoms with E-state index in [4.69, 9.17) is 9.47 Å². The number of rotatable bonds is 5. The summed E-state index contributed by atoms with van der Waals surface area (Å²) in [5.41, 5.74) is 1.17. The first-order chi connectivity index (χ1) is 11.0. The van der Waals surface area contributed by atoms with Crippen LogP contribution < -0.4 is 9.47 Å². The van der Waals surface area contributed by atoms with E-state index in [2.05, 4.69) is 11.9 Å². The van der Waals surface area contributed by atoms with Crippen LogP contribution in [0.5, 0.6) is 11.5 Å². The van der Waals surface area contributed by atoms with Gasteiger partial charge in [0.2, 0.25) is 5.12 Å². The molecule has 0 saturated heterocycles. The van der Waals surface area contributed by atoms with Crippen LogP contribution >= 0.6 is 23.5 Å². The van der Waals surface area contributed by atoms with E-state index in [1.54, 1.807) is 36.0 Å². The Labute approximate surface area is 143 Å². The fraction of sp³-hybridized carbons (Fsp3) is 0.312. The molecule has 0 aromatic heterocycles. The molecule has 1 aromatic carbocycles. The quantitative estimate of drug-likeness (QED) is 0.457. The number of carbonyl (C=O) groups is 2. The lowest BCUT2D eigenvalue weighted by Crippen LogP contribution is -2.03. The second-order valence-electron chi connectivity index (χ2n) is 4.65. The summed E-state index contributed by atoms with van der Waals surface area (Å²) < 4.78 is 11.1. The van der Waals surface area contributed by atoms with E-state index in [1.807, 2.05) is 0 Å². The molecule has 1 heterocycles. The third-order valence-corrected chi connectivity index (χ3v) is 4.99. The molecule has 7 heteroatoms. The highest BCUT2D eigenvalue weighted by Crippen LogP contribution is 2.33. The normalized spacial score (nSPS) is 15.7. The summed E-state index contributed by atoms with van der Waals surface area (Å²) in [6.07, 6.45) is 2.74. The van der Waals surface area contributed by atoms with Crippen molar-refractivity contribution in [3.63, 3.8) is 0 Å². The molecule has 5 nitrogen and oxygen atoms in total. The number of hydrogen-bond acceptors (Lipinski definition) is 7. The van der Waals surface area contributed by atoms with Gasteiger partial charge in [-0.25, -0.2) is 4.99 Å². The Balaban J connectivity index is 2.23. The van der Waals surface area contributed by atoms with Gasteiger partial charge in [-0.1, -0.05) is 24.8 Å². The first kappa shape index (κ1) is 17.6. The molecule has 2 rings (SSSR count). The zero-order valence-electron chi connectivity index (χ0n) is 13.1. The number of aliphatic imine (C=N–C) groups is 1. The number of benzene rings is 1. The lowest BCUT2D eigenvalue weighted by atomic mass is 10.1. The Morgan fingerprint density at radius 1 is 1.39 bits per heavy atom. The van der Waals surface area contributed by atoms with Gasteiger partial charge in [0, 0.05) is 6.92 Å². The van der Waals surface area contributed by atoms with Crippen molar-refractivity contribution in [1.29, 1.82) is 0 Å². The molecule has 1 aromatic rings. The summed E-state index contributed by atoms with van der Waals surface area (Å²) in [7, 11) is 1.49. The van der Waals surface area contributed by atoms with Crippen LogP contribution in [0, 0.1) is 0 Å². The van der Waals surface area contributed by atoms with Gasteiger partial charge in [-0.05, 0) is 47.7 Å². The molecule has 23 heavy (non-hydrogen) atoms. The topological polar surface area (TPSA) is 65.0 Å². The number of nitrogens with zero attached hydrogens (tertiary/aromatic N) is 1.